The summed E-state index contributed by atoms with van der Waals surface area (Å²) in [5.74, 6) is 0.293. The monoisotopic (exact) mass is 196 g/mol. The van der Waals surface area contributed by atoms with Crippen molar-refractivity contribution in [2.75, 3.05) is 0 Å². The molecule has 74 valence electrons. The van der Waals surface area contributed by atoms with Crippen LogP contribution < -0.4 is 0 Å². The van der Waals surface area contributed by atoms with Gasteiger partial charge in [-0.3, -0.25) is 0 Å². The maximum atomic E-state index is 9.17. The van der Waals surface area contributed by atoms with E-state index >= 15 is 0 Å². The summed E-state index contributed by atoms with van der Waals surface area (Å²) in [7, 11) is 0. The Kier molecular flexibility index (Phi) is 2.55. The van der Waals surface area contributed by atoms with Crippen LogP contribution in [0.15, 0.2) is 55.1 Å². The maximum absolute atomic E-state index is 9.17. The minimum atomic E-state index is 0.293. The Labute approximate surface area is 89.3 Å². The van der Waals surface area contributed by atoms with E-state index < -0.39 is 0 Å². The van der Waals surface area contributed by atoms with Crippen LogP contribution in [0, 0.1) is 0 Å². The lowest BCUT2D eigenvalue weighted by atomic mass is 10.0. The molecule has 0 unspecified atom stereocenters. The Balaban J connectivity index is 2.37. The number of phenolic OH excluding ortho intramolecular Hbond substituents is 1. The van der Waals surface area contributed by atoms with E-state index in [0.717, 1.165) is 16.7 Å². The van der Waals surface area contributed by atoms with E-state index in [1.807, 2.05) is 42.5 Å². The van der Waals surface area contributed by atoms with Gasteiger partial charge in [0, 0.05) is 0 Å². The number of aromatic hydroxyl groups is 1. The van der Waals surface area contributed by atoms with Gasteiger partial charge in [-0.2, -0.15) is 0 Å². The first-order valence-corrected chi connectivity index (χ1v) is 4.81. The summed E-state index contributed by atoms with van der Waals surface area (Å²) in [5.41, 5.74) is 3.35. The van der Waals surface area contributed by atoms with E-state index in [0.29, 0.717) is 5.75 Å². The first kappa shape index (κ1) is 9.53. The number of hydrogen-bond donors (Lipinski definition) is 1. The van der Waals surface area contributed by atoms with E-state index in [4.69, 9.17) is 0 Å². The molecule has 0 aromatic heterocycles. The molecule has 0 fully saturated rings. The van der Waals surface area contributed by atoms with Crippen LogP contribution >= 0.6 is 0 Å². The highest BCUT2D eigenvalue weighted by atomic mass is 16.3. The van der Waals surface area contributed by atoms with Gasteiger partial charge in [-0.1, -0.05) is 49.1 Å². The quantitative estimate of drug-likeness (QED) is 0.776. The smallest absolute Gasteiger partial charge is 0.115 e. The fraction of sp³-hybridized carbons (Fsp3) is 0. The van der Waals surface area contributed by atoms with Gasteiger partial charge in [0.25, 0.3) is 0 Å². The molecule has 0 heterocycles. The van der Waals surface area contributed by atoms with Crippen LogP contribution in [0.1, 0.15) is 5.56 Å². The largest absolute Gasteiger partial charge is 0.508 e. The Morgan fingerprint density at radius 2 is 1.27 bits per heavy atom. The lowest BCUT2D eigenvalue weighted by Crippen LogP contribution is -1.77. The molecule has 0 saturated carbocycles. The lowest BCUT2D eigenvalue weighted by molar-refractivity contribution is 0.475. The topological polar surface area (TPSA) is 20.2 Å². The third-order valence-corrected chi connectivity index (χ3v) is 2.35. The fourth-order valence-electron chi connectivity index (χ4n) is 1.47. The number of phenols is 1. The van der Waals surface area contributed by atoms with E-state index in [9.17, 15) is 5.11 Å². The summed E-state index contributed by atoms with van der Waals surface area (Å²) in [6.45, 7) is 3.71. The maximum Gasteiger partial charge on any atom is 0.115 e. The molecule has 0 amide bonds. The van der Waals surface area contributed by atoms with Crippen molar-refractivity contribution in [3.05, 3.63) is 60.7 Å². The van der Waals surface area contributed by atoms with Crippen LogP contribution in [-0.4, -0.2) is 5.11 Å². The molecule has 2 aromatic rings. The van der Waals surface area contributed by atoms with Crippen LogP contribution in [0.25, 0.3) is 17.2 Å². The van der Waals surface area contributed by atoms with E-state index in [1.165, 1.54) is 0 Å². The molecule has 2 aromatic carbocycles. The molecule has 2 rings (SSSR count). The molecular weight excluding hydrogens is 184 g/mol. The molecular formula is C14H12O. The van der Waals surface area contributed by atoms with Crippen molar-refractivity contribution in [1.29, 1.82) is 0 Å². The van der Waals surface area contributed by atoms with Gasteiger partial charge < -0.3 is 5.11 Å². The van der Waals surface area contributed by atoms with Crippen molar-refractivity contribution in [2.45, 2.75) is 0 Å². The zero-order valence-electron chi connectivity index (χ0n) is 8.35. The summed E-state index contributed by atoms with van der Waals surface area (Å²) < 4.78 is 0. The predicted octanol–water partition coefficient (Wildman–Crippen LogP) is 3.70. The van der Waals surface area contributed by atoms with Crippen molar-refractivity contribution in [3.8, 4) is 16.9 Å². The normalized spacial score (nSPS) is 9.87. The van der Waals surface area contributed by atoms with E-state index in [2.05, 4.69) is 6.58 Å². The highest BCUT2D eigenvalue weighted by Gasteiger charge is 1.96. The van der Waals surface area contributed by atoms with Crippen LogP contribution in [-0.2, 0) is 0 Å². The highest BCUT2D eigenvalue weighted by Crippen LogP contribution is 2.22. The van der Waals surface area contributed by atoms with Gasteiger partial charge >= 0.3 is 0 Å². The summed E-state index contributed by atoms with van der Waals surface area (Å²) in [6, 6.07) is 15.3. The van der Waals surface area contributed by atoms with Crippen LogP contribution in [0.4, 0.5) is 0 Å². The van der Waals surface area contributed by atoms with Crippen LogP contribution in [0.3, 0.4) is 0 Å². The first-order valence-electron chi connectivity index (χ1n) is 4.81. The predicted molar refractivity (Wildman–Crippen MR) is 63.6 cm³/mol. The summed E-state index contributed by atoms with van der Waals surface area (Å²) in [4.78, 5) is 0. The minimum absolute atomic E-state index is 0.293. The van der Waals surface area contributed by atoms with Gasteiger partial charge in [0.1, 0.15) is 5.75 Å². The van der Waals surface area contributed by atoms with Crippen molar-refractivity contribution in [1.82, 2.24) is 0 Å². The van der Waals surface area contributed by atoms with E-state index in [-0.39, 0.29) is 0 Å². The van der Waals surface area contributed by atoms with Gasteiger partial charge in [-0.15, -0.1) is 0 Å². The summed E-state index contributed by atoms with van der Waals surface area (Å²) in [5, 5.41) is 9.17. The van der Waals surface area contributed by atoms with Gasteiger partial charge in [0.2, 0.25) is 0 Å². The molecule has 0 aliphatic heterocycles. The highest BCUT2D eigenvalue weighted by molar-refractivity contribution is 5.65. The Bertz CT molecular complexity index is 452. The molecule has 1 N–H and O–H groups in total. The second kappa shape index (κ2) is 4.01. The van der Waals surface area contributed by atoms with Crippen molar-refractivity contribution >= 4 is 6.08 Å². The van der Waals surface area contributed by atoms with Gasteiger partial charge in [-0.05, 0) is 28.8 Å². The van der Waals surface area contributed by atoms with E-state index in [1.54, 1.807) is 12.1 Å². The molecule has 0 atom stereocenters. The summed E-state index contributed by atoms with van der Waals surface area (Å²) in [6.07, 6.45) is 1.82. The van der Waals surface area contributed by atoms with Gasteiger partial charge in [-0.25, -0.2) is 0 Å². The van der Waals surface area contributed by atoms with Gasteiger partial charge in [0.05, 0.1) is 0 Å². The third-order valence-electron chi connectivity index (χ3n) is 2.35. The molecule has 15 heavy (non-hydrogen) atoms. The third kappa shape index (κ3) is 2.08. The standard InChI is InChI=1S/C14H12O/c1-2-11-3-5-12(6-4-11)13-7-9-14(15)10-8-13/h2-10,15H,1H2. The van der Waals surface area contributed by atoms with Crippen molar-refractivity contribution < 1.29 is 5.11 Å². The zero-order valence-corrected chi connectivity index (χ0v) is 8.35. The molecule has 0 radical (unpaired) electrons. The molecule has 0 spiro atoms. The second-order valence-electron chi connectivity index (χ2n) is 3.37. The minimum Gasteiger partial charge on any atom is -0.508 e. The van der Waals surface area contributed by atoms with Crippen molar-refractivity contribution in [3.63, 3.8) is 0 Å². The second-order valence-corrected chi connectivity index (χ2v) is 3.37. The lowest BCUT2D eigenvalue weighted by Gasteiger charge is -2.02. The first-order chi connectivity index (χ1) is 7.29. The molecule has 1 heteroatoms. The molecule has 0 bridgehead atoms. The zero-order chi connectivity index (χ0) is 10.7. The molecule has 0 aliphatic carbocycles. The molecule has 1 nitrogen and oxygen atoms in total. The Morgan fingerprint density at radius 3 is 1.73 bits per heavy atom. The average molecular weight is 196 g/mol. The number of hydrogen-bond acceptors (Lipinski definition) is 1. The summed E-state index contributed by atoms with van der Waals surface area (Å²) >= 11 is 0. The van der Waals surface area contributed by atoms with Crippen molar-refractivity contribution in [2.24, 2.45) is 0 Å². The Morgan fingerprint density at radius 1 is 0.800 bits per heavy atom. The SMILES string of the molecule is C=Cc1ccc(-c2ccc(O)cc2)cc1. The fourth-order valence-corrected chi connectivity index (χ4v) is 1.47. The average Bonchev–Trinajstić information content (AvgIpc) is 2.30. The molecule has 0 aliphatic rings. The molecule has 0 saturated heterocycles. The Hall–Kier alpha value is -2.02. The number of rotatable bonds is 2. The number of benzene rings is 2. The van der Waals surface area contributed by atoms with Crippen LogP contribution in [0.2, 0.25) is 0 Å². The van der Waals surface area contributed by atoms with Crippen LogP contribution in [0.5, 0.6) is 5.75 Å². The van der Waals surface area contributed by atoms with Gasteiger partial charge in [0.15, 0.2) is 0 Å².